The second-order valence-corrected chi connectivity index (χ2v) is 5.37. The molecule has 0 bridgehead atoms. The Kier molecular flexibility index (Phi) is 4.43. The van der Waals surface area contributed by atoms with E-state index < -0.39 is 4.92 Å². The highest BCUT2D eigenvalue weighted by atomic mass is 16.6. The maximum Gasteiger partial charge on any atom is 0.270 e. The minimum Gasteiger partial charge on any atom is -0.508 e. The summed E-state index contributed by atoms with van der Waals surface area (Å²) in [6.45, 7) is 0.304. The van der Waals surface area contributed by atoms with Crippen molar-refractivity contribution in [3.05, 3.63) is 88.5 Å². The molecule has 24 heavy (non-hydrogen) atoms. The van der Waals surface area contributed by atoms with Crippen molar-refractivity contribution in [1.29, 1.82) is 0 Å². The molecule has 5 heteroatoms. The lowest BCUT2D eigenvalue weighted by molar-refractivity contribution is -0.384. The third-order valence-corrected chi connectivity index (χ3v) is 3.75. The first-order chi connectivity index (χ1) is 11.6. The van der Waals surface area contributed by atoms with Crippen molar-refractivity contribution < 1.29 is 10.0 Å². The molecule has 0 amide bonds. The SMILES string of the molecule is O=[N+]([O-])c1ccc(O)c(CNc2ccc(-c3ccccc3)cc2)c1. The monoisotopic (exact) mass is 320 g/mol. The van der Waals surface area contributed by atoms with Crippen molar-refractivity contribution in [2.75, 3.05) is 5.32 Å². The highest BCUT2D eigenvalue weighted by Gasteiger charge is 2.10. The number of non-ortho nitro benzene ring substituents is 1. The van der Waals surface area contributed by atoms with Gasteiger partial charge in [-0.1, -0.05) is 42.5 Å². The molecule has 2 N–H and O–H groups in total. The second kappa shape index (κ2) is 6.83. The molecule has 0 saturated carbocycles. The maximum atomic E-state index is 10.8. The van der Waals surface area contributed by atoms with E-state index in [2.05, 4.69) is 5.32 Å². The number of nitro benzene ring substituents is 1. The summed E-state index contributed by atoms with van der Waals surface area (Å²) in [5.41, 5.74) is 3.57. The van der Waals surface area contributed by atoms with Crippen LogP contribution < -0.4 is 5.32 Å². The van der Waals surface area contributed by atoms with Crippen molar-refractivity contribution in [3.63, 3.8) is 0 Å². The molecule has 0 radical (unpaired) electrons. The molecule has 5 nitrogen and oxygen atoms in total. The molecule has 0 saturated heterocycles. The Balaban J connectivity index is 1.71. The third-order valence-electron chi connectivity index (χ3n) is 3.75. The minimum atomic E-state index is -0.475. The summed E-state index contributed by atoms with van der Waals surface area (Å²) in [4.78, 5) is 10.3. The fraction of sp³-hybridized carbons (Fsp3) is 0.0526. The Bertz CT molecular complexity index is 846. The molecule has 0 unspecified atom stereocenters. The van der Waals surface area contributed by atoms with E-state index in [0.29, 0.717) is 12.1 Å². The van der Waals surface area contributed by atoms with Crippen LogP contribution in [0.25, 0.3) is 11.1 Å². The first-order valence-electron chi connectivity index (χ1n) is 7.49. The van der Waals surface area contributed by atoms with Gasteiger partial charge in [-0.25, -0.2) is 0 Å². The zero-order chi connectivity index (χ0) is 16.9. The molecule has 120 valence electrons. The normalized spacial score (nSPS) is 10.3. The summed E-state index contributed by atoms with van der Waals surface area (Å²) in [5.74, 6) is 0.0361. The van der Waals surface area contributed by atoms with Crippen LogP contribution in [0, 0.1) is 10.1 Å². The van der Waals surface area contributed by atoms with E-state index in [1.807, 2.05) is 54.6 Å². The fourth-order valence-electron chi connectivity index (χ4n) is 2.44. The molecule has 0 atom stereocenters. The van der Waals surface area contributed by atoms with Gasteiger partial charge in [0.25, 0.3) is 5.69 Å². The van der Waals surface area contributed by atoms with Crippen LogP contribution in [0.15, 0.2) is 72.8 Å². The van der Waals surface area contributed by atoms with Crippen molar-refractivity contribution >= 4 is 11.4 Å². The van der Waals surface area contributed by atoms with Gasteiger partial charge in [0.05, 0.1) is 4.92 Å². The topological polar surface area (TPSA) is 75.4 Å². The number of nitrogens with one attached hydrogen (secondary N) is 1. The van der Waals surface area contributed by atoms with Crippen molar-refractivity contribution in [1.82, 2.24) is 0 Å². The number of aromatic hydroxyl groups is 1. The second-order valence-electron chi connectivity index (χ2n) is 5.37. The molecular formula is C19H16N2O3. The molecule has 0 aliphatic rings. The van der Waals surface area contributed by atoms with Crippen LogP contribution in [-0.4, -0.2) is 10.0 Å². The Morgan fingerprint density at radius 3 is 2.25 bits per heavy atom. The summed E-state index contributed by atoms with van der Waals surface area (Å²) < 4.78 is 0. The number of rotatable bonds is 5. The first kappa shape index (κ1) is 15.6. The number of benzene rings is 3. The molecule has 0 aliphatic carbocycles. The number of nitro groups is 1. The average Bonchev–Trinajstić information content (AvgIpc) is 2.62. The van der Waals surface area contributed by atoms with Gasteiger partial charge in [-0.3, -0.25) is 10.1 Å². The van der Waals surface area contributed by atoms with Crippen LogP contribution in [-0.2, 0) is 6.54 Å². The average molecular weight is 320 g/mol. The van der Waals surface area contributed by atoms with Crippen LogP contribution in [0.2, 0.25) is 0 Å². The highest BCUT2D eigenvalue weighted by molar-refractivity contribution is 5.66. The lowest BCUT2D eigenvalue weighted by Gasteiger charge is -2.09. The number of nitrogens with zero attached hydrogens (tertiary/aromatic N) is 1. The summed E-state index contributed by atoms with van der Waals surface area (Å²) in [5, 5.41) is 23.8. The highest BCUT2D eigenvalue weighted by Crippen LogP contribution is 2.25. The van der Waals surface area contributed by atoms with E-state index in [1.165, 1.54) is 18.2 Å². The van der Waals surface area contributed by atoms with Gasteiger partial charge in [0, 0.05) is 29.9 Å². The van der Waals surface area contributed by atoms with Crippen LogP contribution >= 0.6 is 0 Å². The molecule has 0 aromatic heterocycles. The molecule has 3 aromatic carbocycles. The quantitative estimate of drug-likeness (QED) is 0.533. The van der Waals surface area contributed by atoms with Gasteiger partial charge >= 0.3 is 0 Å². The Labute approximate surface area is 139 Å². The Hall–Kier alpha value is -3.34. The van der Waals surface area contributed by atoms with Crippen LogP contribution in [0.5, 0.6) is 5.75 Å². The third kappa shape index (κ3) is 3.52. The minimum absolute atomic E-state index is 0.0361. The smallest absolute Gasteiger partial charge is 0.270 e. The Morgan fingerprint density at radius 2 is 1.58 bits per heavy atom. The van der Waals surface area contributed by atoms with Crippen LogP contribution in [0.4, 0.5) is 11.4 Å². The molecular weight excluding hydrogens is 304 g/mol. The fourth-order valence-corrected chi connectivity index (χ4v) is 2.44. The van der Waals surface area contributed by atoms with Gasteiger partial charge in [-0.15, -0.1) is 0 Å². The van der Waals surface area contributed by atoms with Crippen LogP contribution in [0.3, 0.4) is 0 Å². The van der Waals surface area contributed by atoms with Crippen molar-refractivity contribution in [2.24, 2.45) is 0 Å². The summed E-state index contributed by atoms with van der Waals surface area (Å²) >= 11 is 0. The molecule has 0 heterocycles. The molecule has 0 spiro atoms. The van der Waals surface area contributed by atoms with Gasteiger partial charge in [-0.05, 0) is 29.3 Å². The molecule has 3 aromatic rings. The lowest BCUT2D eigenvalue weighted by atomic mass is 10.1. The van der Waals surface area contributed by atoms with Gasteiger partial charge in [0.2, 0.25) is 0 Å². The number of hydrogen-bond donors (Lipinski definition) is 2. The first-order valence-corrected chi connectivity index (χ1v) is 7.49. The standard InChI is InChI=1S/C19H16N2O3/c22-19-11-10-18(21(23)24)12-16(19)13-20-17-8-6-15(7-9-17)14-4-2-1-3-5-14/h1-12,20,22H,13H2. The summed E-state index contributed by atoms with van der Waals surface area (Å²) in [6.07, 6.45) is 0. The van der Waals surface area contributed by atoms with E-state index in [-0.39, 0.29) is 11.4 Å². The maximum absolute atomic E-state index is 10.8. The van der Waals surface area contributed by atoms with Gasteiger partial charge in [0.15, 0.2) is 0 Å². The van der Waals surface area contributed by atoms with E-state index in [1.54, 1.807) is 0 Å². The predicted molar refractivity (Wildman–Crippen MR) is 94.0 cm³/mol. The zero-order valence-corrected chi connectivity index (χ0v) is 12.8. The molecule has 3 rings (SSSR count). The van der Waals surface area contributed by atoms with Crippen molar-refractivity contribution in [3.8, 4) is 16.9 Å². The molecule has 0 aliphatic heterocycles. The van der Waals surface area contributed by atoms with E-state index in [0.717, 1.165) is 16.8 Å². The van der Waals surface area contributed by atoms with Gasteiger partial charge in [-0.2, -0.15) is 0 Å². The van der Waals surface area contributed by atoms with Crippen molar-refractivity contribution in [2.45, 2.75) is 6.54 Å². The number of phenols is 1. The van der Waals surface area contributed by atoms with Gasteiger partial charge < -0.3 is 10.4 Å². The summed E-state index contributed by atoms with van der Waals surface area (Å²) in [7, 11) is 0. The molecule has 0 fully saturated rings. The Morgan fingerprint density at radius 1 is 0.917 bits per heavy atom. The number of anilines is 1. The predicted octanol–water partition coefficient (Wildman–Crippen LogP) is 4.58. The van der Waals surface area contributed by atoms with Gasteiger partial charge in [0.1, 0.15) is 5.75 Å². The number of phenolic OH excluding ortho intramolecular Hbond substituents is 1. The summed E-state index contributed by atoms with van der Waals surface area (Å²) in [6, 6.07) is 21.9. The van der Waals surface area contributed by atoms with Crippen LogP contribution in [0.1, 0.15) is 5.56 Å². The van der Waals surface area contributed by atoms with E-state index in [9.17, 15) is 15.2 Å². The lowest BCUT2D eigenvalue weighted by Crippen LogP contribution is -2.00. The van der Waals surface area contributed by atoms with E-state index >= 15 is 0 Å². The number of hydrogen-bond acceptors (Lipinski definition) is 4. The largest absolute Gasteiger partial charge is 0.508 e. The van der Waals surface area contributed by atoms with E-state index in [4.69, 9.17) is 0 Å². The zero-order valence-electron chi connectivity index (χ0n) is 12.8.